The van der Waals surface area contributed by atoms with Crippen LogP contribution in [0.25, 0.3) is 0 Å². The molecule has 0 fully saturated rings. The Hall–Kier alpha value is -0.970. The first-order valence-electron chi connectivity index (χ1n) is 7.16. The van der Waals surface area contributed by atoms with Crippen molar-refractivity contribution in [2.24, 2.45) is 5.73 Å². The Bertz CT molecular complexity index is 673. The maximum absolute atomic E-state index is 12.9. The van der Waals surface area contributed by atoms with E-state index in [0.29, 0.717) is 0 Å². The van der Waals surface area contributed by atoms with Gasteiger partial charge in [-0.1, -0.05) is 46.3 Å². The first kappa shape index (κ1) is 14.9. The minimum absolute atomic E-state index is 0.0250. The number of hydrogen-bond donors (Lipinski definition) is 1. The van der Waals surface area contributed by atoms with Crippen molar-refractivity contribution >= 4 is 26.7 Å². The lowest BCUT2D eigenvalue weighted by Gasteiger charge is -2.22. The van der Waals surface area contributed by atoms with Gasteiger partial charge in [0.25, 0.3) is 0 Å². The van der Waals surface area contributed by atoms with E-state index in [2.05, 4.69) is 34.1 Å². The van der Waals surface area contributed by atoms with E-state index in [4.69, 9.17) is 5.73 Å². The number of fused-ring (bicyclic) bond motifs is 1. The Morgan fingerprint density at radius 3 is 2.76 bits per heavy atom. The monoisotopic (exact) mass is 363 g/mol. The van der Waals surface area contributed by atoms with Gasteiger partial charge in [-0.2, -0.15) is 0 Å². The van der Waals surface area contributed by atoms with E-state index in [9.17, 15) is 4.21 Å². The number of nitrogens with two attached hydrogens (primary N) is 1. The third-order valence-electron chi connectivity index (χ3n) is 4.05. The van der Waals surface area contributed by atoms with Gasteiger partial charge in [0.1, 0.15) is 0 Å². The van der Waals surface area contributed by atoms with Crippen LogP contribution in [0.1, 0.15) is 30.0 Å². The van der Waals surface area contributed by atoms with E-state index < -0.39 is 10.8 Å². The molecule has 0 aliphatic heterocycles. The van der Waals surface area contributed by atoms with Gasteiger partial charge in [-0.3, -0.25) is 4.21 Å². The topological polar surface area (TPSA) is 43.1 Å². The largest absolute Gasteiger partial charge is 0.323 e. The zero-order chi connectivity index (χ0) is 14.8. The Kier molecular flexibility index (Phi) is 4.57. The second-order valence-electron chi connectivity index (χ2n) is 5.41. The highest BCUT2D eigenvalue weighted by Gasteiger charge is 2.29. The van der Waals surface area contributed by atoms with Crippen LogP contribution in [0.4, 0.5) is 0 Å². The van der Waals surface area contributed by atoms with Gasteiger partial charge >= 0.3 is 0 Å². The first-order chi connectivity index (χ1) is 10.2. The number of hydrogen-bond acceptors (Lipinski definition) is 2. The van der Waals surface area contributed by atoms with Crippen molar-refractivity contribution in [2.75, 3.05) is 0 Å². The molecule has 21 heavy (non-hydrogen) atoms. The van der Waals surface area contributed by atoms with E-state index in [1.807, 2.05) is 30.3 Å². The van der Waals surface area contributed by atoms with Crippen LogP contribution in [-0.4, -0.2) is 9.46 Å². The fourth-order valence-electron chi connectivity index (χ4n) is 2.97. The van der Waals surface area contributed by atoms with Gasteiger partial charge < -0.3 is 5.73 Å². The molecule has 2 nitrogen and oxygen atoms in total. The van der Waals surface area contributed by atoms with Crippen molar-refractivity contribution in [1.82, 2.24) is 0 Å². The molecule has 0 radical (unpaired) electrons. The van der Waals surface area contributed by atoms with Crippen LogP contribution >= 0.6 is 15.9 Å². The van der Waals surface area contributed by atoms with Crippen LogP contribution in [0.3, 0.4) is 0 Å². The molecule has 4 heteroatoms. The van der Waals surface area contributed by atoms with Crippen molar-refractivity contribution in [1.29, 1.82) is 0 Å². The second-order valence-corrected chi connectivity index (χ2v) is 8.00. The fraction of sp³-hybridized carbons (Fsp3) is 0.294. The summed E-state index contributed by atoms with van der Waals surface area (Å²) in [5, 5.41) is -0.0250. The summed E-state index contributed by atoms with van der Waals surface area (Å²) in [4.78, 5) is 0.851. The third-order valence-corrected chi connectivity index (χ3v) is 6.34. The molecule has 0 bridgehead atoms. The molecule has 0 saturated carbocycles. The van der Waals surface area contributed by atoms with Crippen LogP contribution in [0.2, 0.25) is 0 Å². The molecule has 3 unspecified atom stereocenters. The normalized spacial score (nSPS) is 23.1. The Morgan fingerprint density at radius 1 is 1.14 bits per heavy atom. The average Bonchev–Trinajstić information content (AvgIpc) is 2.66. The SMILES string of the molecule is NC1c2ccccc2CCCC1S(=O)c1cccc(Br)c1. The molecule has 2 aromatic carbocycles. The van der Waals surface area contributed by atoms with E-state index >= 15 is 0 Å². The zero-order valence-electron chi connectivity index (χ0n) is 11.7. The van der Waals surface area contributed by atoms with Gasteiger partial charge in [-0.05, 0) is 48.6 Å². The molecular weight excluding hydrogens is 346 g/mol. The smallest absolute Gasteiger partial charge is 0.0587 e. The highest BCUT2D eigenvalue weighted by molar-refractivity contribution is 9.10. The summed E-state index contributed by atoms with van der Waals surface area (Å²) in [7, 11) is -1.08. The predicted octanol–water partition coefficient (Wildman–Crippen LogP) is 3.96. The average molecular weight is 364 g/mol. The van der Waals surface area contributed by atoms with Crippen molar-refractivity contribution in [3.8, 4) is 0 Å². The van der Waals surface area contributed by atoms with Gasteiger partial charge in [-0.15, -0.1) is 0 Å². The predicted molar refractivity (Wildman–Crippen MR) is 90.6 cm³/mol. The lowest BCUT2D eigenvalue weighted by molar-refractivity contribution is 0.597. The number of aryl methyl sites for hydroxylation is 1. The lowest BCUT2D eigenvalue weighted by atomic mass is 10.00. The maximum atomic E-state index is 12.9. The first-order valence-corrected chi connectivity index (χ1v) is 9.17. The van der Waals surface area contributed by atoms with Gasteiger partial charge in [0.2, 0.25) is 0 Å². The third kappa shape index (κ3) is 3.12. The molecule has 110 valence electrons. The van der Waals surface area contributed by atoms with Gasteiger partial charge in [-0.25, -0.2) is 0 Å². The molecule has 1 aliphatic carbocycles. The molecule has 0 aromatic heterocycles. The van der Waals surface area contributed by atoms with Gasteiger partial charge in [0.15, 0.2) is 0 Å². The molecule has 3 rings (SSSR count). The number of benzene rings is 2. The molecule has 1 aliphatic rings. The molecule has 0 saturated heterocycles. The Morgan fingerprint density at radius 2 is 1.95 bits per heavy atom. The van der Waals surface area contributed by atoms with E-state index in [-0.39, 0.29) is 11.3 Å². The van der Waals surface area contributed by atoms with Crippen LogP contribution < -0.4 is 5.73 Å². The van der Waals surface area contributed by atoms with E-state index in [0.717, 1.165) is 34.2 Å². The maximum Gasteiger partial charge on any atom is 0.0587 e. The molecular formula is C17H18BrNOS. The number of rotatable bonds is 2. The van der Waals surface area contributed by atoms with Gasteiger partial charge in [0.05, 0.1) is 16.0 Å². The summed E-state index contributed by atoms with van der Waals surface area (Å²) < 4.78 is 13.9. The lowest BCUT2D eigenvalue weighted by Crippen LogP contribution is -2.29. The second kappa shape index (κ2) is 6.42. The van der Waals surface area contributed by atoms with Crippen LogP contribution in [0.15, 0.2) is 57.9 Å². The van der Waals surface area contributed by atoms with E-state index in [1.54, 1.807) is 0 Å². The molecule has 2 aromatic rings. The quantitative estimate of drug-likeness (QED) is 0.820. The van der Waals surface area contributed by atoms with Crippen molar-refractivity contribution in [3.63, 3.8) is 0 Å². The minimum atomic E-state index is -1.08. The summed E-state index contributed by atoms with van der Waals surface area (Å²) in [6, 6.07) is 15.8. The Labute approximate surface area is 136 Å². The highest BCUT2D eigenvalue weighted by atomic mass is 79.9. The highest BCUT2D eigenvalue weighted by Crippen LogP contribution is 2.32. The van der Waals surface area contributed by atoms with E-state index in [1.165, 1.54) is 5.56 Å². The fourth-order valence-corrected chi connectivity index (χ4v) is 5.12. The summed E-state index contributed by atoms with van der Waals surface area (Å²) in [5.41, 5.74) is 8.92. The molecule has 0 spiro atoms. The van der Waals surface area contributed by atoms with Gasteiger partial charge in [0, 0.05) is 15.4 Å². The van der Waals surface area contributed by atoms with Crippen molar-refractivity contribution < 1.29 is 4.21 Å². The summed E-state index contributed by atoms with van der Waals surface area (Å²) in [6.07, 6.45) is 2.96. The molecule has 0 amide bonds. The molecule has 0 heterocycles. The standard InChI is InChI=1S/C17H18BrNOS/c18-13-7-4-8-14(11-13)21(20)16-10-3-6-12-5-1-2-9-15(12)17(16)19/h1-2,4-5,7-9,11,16-17H,3,6,10,19H2. The Balaban J connectivity index is 1.94. The zero-order valence-corrected chi connectivity index (χ0v) is 14.1. The minimum Gasteiger partial charge on any atom is -0.323 e. The van der Waals surface area contributed by atoms with Crippen LogP contribution in [-0.2, 0) is 17.2 Å². The van der Waals surface area contributed by atoms with Crippen molar-refractivity contribution in [3.05, 3.63) is 64.1 Å². The summed E-state index contributed by atoms with van der Waals surface area (Å²) in [5.74, 6) is 0. The number of halogens is 1. The summed E-state index contributed by atoms with van der Waals surface area (Å²) in [6.45, 7) is 0. The van der Waals surface area contributed by atoms with Crippen LogP contribution in [0.5, 0.6) is 0 Å². The van der Waals surface area contributed by atoms with Crippen molar-refractivity contribution in [2.45, 2.75) is 35.4 Å². The molecule has 3 atom stereocenters. The van der Waals surface area contributed by atoms with Crippen LogP contribution in [0, 0.1) is 0 Å². The molecule has 2 N–H and O–H groups in total. The summed E-state index contributed by atoms with van der Waals surface area (Å²) >= 11 is 3.45.